The molecule has 0 saturated heterocycles. The minimum absolute atomic E-state index is 0.0276. The van der Waals surface area contributed by atoms with Gasteiger partial charge in [0.1, 0.15) is 40.4 Å². The van der Waals surface area contributed by atoms with Crippen molar-refractivity contribution in [3.05, 3.63) is 234 Å². The summed E-state index contributed by atoms with van der Waals surface area (Å²) in [5.41, 5.74) is 10.3. The number of nitrogens with zero attached hydrogens (tertiary/aromatic N) is 5. The summed E-state index contributed by atoms with van der Waals surface area (Å²) in [5, 5.41) is 18.2. The van der Waals surface area contributed by atoms with Gasteiger partial charge in [0, 0.05) is 55.5 Å². The molecule has 4 heterocycles. The molecule has 2 amide bonds. The van der Waals surface area contributed by atoms with Crippen LogP contribution in [0.15, 0.2) is 218 Å². The van der Waals surface area contributed by atoms with Crippen LogP contribution in [0.5, 0.6) is 34.5 Å². The van der Waals surface area contributed by atoms with Crippen molar-refractivity contribution < 1.29 is 28.6 Å². The molecule has 0 aliphatic heterocycles. The van der Waals surface area contributed by atoms with E-state index in [-0.39, 0.29) is 29.3 Å². The summed E-state index contributed by atoms with van der Waals surface area (Å²) < 4.78 is 17.7. The predicted molar refractivity (Wildman–Crippen MR) is 320 cm³/mol. The normalized spacial score (nSPS) is 10.0. The van der Waals surface area contributed by atoms with E-state index in [2.05, 4.69) is 51.0 Å². The number of nitrogens with two attached hydrogens (primary N) is 1. The third-order valence-electron chi connectivity index (χ3n) is 10.2. The predicted octanol–water partition coefficient (Wildman–Crippen LogP) is 12.9. The molecule has 17 nitrogen and oxygen atoms in total. The maximum atomic E-state index is 12.2. The first-order valence-electron chi connectivity index (χ1n) is 24.6. The van der Waals surface area contributed by atoms with Gasteiger partial charge in [0.15, 0.2) is 11.6 Å². The number of aromatic amines is 3. The Labute approximate surface area is 492 Å². The van der Waals surface area contributed by atoms with Gasteiger partial charge in [0.25, 0.3) is 0 Å². The van der Waals surface area contributed by atoms with Crippen LogP contribution < -0.4 is 30.6 Å². The van der Waals surface area contributed by atoms with Crippen LogP contribution in [0.1, 0.15) is 16.7 Å². The topological polar surface area (TPSA) is 241 Å². The number of aromatic nitrogens is 8. The molecule has 4 aromatic heterocycles. The SMILES string of the molecule is NCc1cccc(Oc2ccccc2)c1.O=C(CCl)NCc1cccc(Oc2ccccc2)c1.O=C(CSc1n[nH]c(-c2cccnc2)n1)NCc1cccc(Oc2ccccc2)c1.O=C(Cl)CCl.S=c1nc(-c2cccnc2)[nH][nH]1. The number of para-hydroxylation sites is 3. The highest BCUT2D eigenvalue weighted by Crippen LogP contribution is 2.25. The van der Waals surface area contributed by atoms with Crippen LogP contribution in [-0.4, -0.2) is 74.9 Å². The molecule has 0 bridgehead atoms. The molecule has 0 fully saturated rings. The van der Waals surface area contributed by atoms with Crippen LogP contribution in [0.4, 0.5) is 0 Å². The van der Waals surface area contributed by atoms with Crippen molar-refractivity contribution in [2.45, 2.75) is 24.8 Å². The zero-order valence-corrected chi connectivity index (χ0v) is 47.1. The minimum atomic E-state index is -0.508. The van der Waals surface area contributed by atoms with Gasteiger partial charge in [0.05, 0.1) is 11.6 Å². The minimum Gasteiger partial charge on any atom is -0.457 e. The number of carbonyl (C=O) groups excluding carboxylic acids is 3. The van der Waals surface area contributed by atoms with Gasteiger partial charge in [0.2, 0.25) is 27.0 Å². The number of halogens is 3. The van der Waals surface area contributed by atoms with E-state index in [4.69, 9.17) is 67.0 Å². The van der Waals surface area contributed by atoms with Crippen molar-refractivity contribution in [1.29, 1.82) is 0 Å². The Morgan fingerprint density at radius 3 is 1.40 bits per heavy atom. The summed E-state index contributed by atoms with van der Waals surface area (Å²) in [5.74, 6) is 5.85. The van der Waals surface area contributed by atoms with E-state index in [1.165, 1.54) is 11.8 Å². The summed E-state index contributed by atoms with van der Waals surface area (Å²) >= 11 is 21.1. The second-order valence-corrected chi connectivity index (χ2v) is 18.6. The van der Waals surface area contributed by atoms with E-state index in [1.54, 1.807) is 24.8 Å². The molecule has 0 unspecified atom stereocenters. The van der Waals surface area contributed by atoms with Gasteiger partial charge < -0.3 is 30.6 Å². The maximum absolute atomic E-state index is 12.2. The molecule has 0 radical (unpaired) electrons. The number of hydrogen-bond donors (Lipinski definition) is 6. The van der Waals surface area contributed by atoms with Gasteiger partial charge in [-0.2, -0.15) is 4.98 Å². The van der Waals surface area contributed by atoms with Crippen LogP contribution in [0.25, 0.3) is 22.8 Å². The highest BCUT2D eigenvalue weighted by molar-refractivity contribution is 7.99. The summed E-state index contributed by atoms with van der Waals surface area (Å²) in [4.78, 5) is 49.2. The van der Waals surface area contributed by atoms with Crippen molar-refractivity contribution >= 4 is 75.8 Å². The number of rotatable bonds is 18. The Morgan fingerprint density at radius 2 is 0.975 bits per heavy atom. The van der Waals surface area contributed by atoms with E-state index in [0.717, 1.165) is 62.3 Å². The molecule has 0 aliphatic carbocycles. The number of benzene rings is 6. The molecule has 10 rings (SSSR count). The van der Waals surface area contributed by atoms with Crippen molar-refractivity contribution in [3.8, 4) is 57.3 Å². The van der Waals surface area contributed by atoms with Crippen LogP contribution >= 0.6 is 58.8 Å². The Morgan fingerprint density at radius 1 is 0.531 bits per heavy atom. The monoisotopic (exact) mass is 1180 g/mol. The lowest BCUT2D eigenvalue weighted by Gasteiger charge is -2.08. The number of amides is 2. The first kappa shape index (κ1) is 61.5. The standard InChI is InChI=1S/C22H19N5O2S.C15H14ClNO2.C13H13NO.C7H6N4S.C2H2Cl2O/c28-20(15-30-22-25-21(26-27-22)17-7-5-11-23-14-17)24-13-16-6-4-10-19(12-16)29-18-8-2-1-3-9-18;16-10-15(18)17-11-12-5-4-8-14(9-12)19-13-6-2-1-3-7-13;14-10-11-5-4-8-13(9-11)15-12-6-2-1-3-7-12;12-7-9-6(10-11-7)5-2-1-3-8-4-5;3-1-2(4)5/h1-12,14H,13,15H2,(H,24,28)(H,25,26,27);1-9H,10-11H2,(H,17,18);1-9H,10,14H2;1-4H,(H2,9,10,11,12);1H2. The molecule has 0 atom stereocenters. The molecule has 0 saturated carbocycles. The number of carbonyl (C=O) groups is 3. The van der Waals surface area contributed by atoms with E-state index in [9.17, 15) is 14.4 Å². The van der Waals surface area contributed by atoms with Gasteiger partial charge in [-0.3, -0.25) is 39.6 Å². The van der Waals surface area contributed by atoms with Crippen LogP contribution in [0.2, 0.25) is 0 Å². The molecule has 6 aromatic carbocycles. The van der Waals surface area contributed by atoms with E-state index in [0.29, 0.717) is 41.2 Å². The summed E-state index contributed by atoms with van der Waals surface area (Å²) in [6.45, 7) is 1.39. The number of hydrogen-bond acceptors (Lipinski definition) is 14. The summed E-state index contributed by atoms with van der Waals surface area (Å²) in [6, 6.07) is 59.3. The number of thioether (sulfide) groups is 1. The fraction of sp³-hybridized carbons (Fsp3) is 0.102. The van der Waals surface area contributed by atoms with E-state index < -0.39 is 5.24 Å². The second kappa shape index (κ2) is 35.0. The van der Waals surface area contributed by atoms with Gasteiger partial charge >= 0.3 is 0 Å². The van der Waals surface area contributed by atoms with Crippen LogP contribution in [-0.2, 0) is 34.0 Å². The fourth-order valence-corrected chi connectivity index (χ4v) is 7.40. The van der Waals surface area contributed by atoms with Crippen LogP contribution in [0, 0.1) is 4.77 Å². The molecular weight excluding hydrogens is 1130 g/mol. The third-order valence-corrected chi connectivity index (χ3v) is 12.0. The number of H-pyrrole nitrogens is 3. The lowest BCUT2D eigenvalue weighted by molar-refractivity contribution is -0.119. The lowest BCUT2D eigenvalue weighted by Crippen LogP contribution is -2.24. The number of ether oxygens (including phenoxy) is 3. The summed E-state index contributed by atoms with van der Waals surface area (Å²) in [7, 11) is 0. The maximum Gasteiger partial charge on any atom is 0.236 e. The van der Waals surface area contributed by atoms with Crippen molar-refractivity contribution in [2.75, 3.05) is 17.5 Å². The Hall–Kier alpha value is -8.69. The largest absolute Gasteiger partial charge is 0.457 e. The van der Waals surface area contributed by atoms with Gasteiger partial charge in [-0.1, -0.05) is 103 Å². The van der Waals surface area contributed by atoms with Crippen LogP contribution in [0.3, 0.4) is 0 Å². The highest BCUT2D eigenvalue weighted by atomic mass is 35.5. The smallest absolute Gasteiger partial charge is 0.236 e. The average molecular weight is 1180 g/mol. The number of nitrogens with one attached hydrogen (secondary N) is 5. The molecule has 22 heteroatoms. The first-order chi connectivity index (χ1) is 39.5. The molecule has 414 valence electrons. The molecular formula is C59H54Cl3N11O6S2. The van der Waals surface area contributed by atoms with E-state index >= 15 is 0 Å². The first-order valence-corrected chi connectivity index (χ1v) is 27.4. The third kappa shape index (κ3) is 23.7. The van der Waals surface area contributed by atoms with Crippen molar-refractivity contribution in [3.63, 3.8) is 0 Å². The Balaban J connectivity index is 0.000000179. The summed E-state index contributed by atoms with van der Waals surface area (Å²) in [6.07, 6.45) is 6.84. The van der Waals surface area contributed by atoms with Gasteiger partial charge in [-0.25, -0.2) is 4.98 Å². The average Bonchev–Trinajstić information content (AvgIpc) is 4.20. The second-order valence-electron chi connectivity index (χ2n) is 16.3. The van der Waals surface area contributed by atoms with Gasteiger partial charge in [-0.15, -0.1) is 28.3 Å². The quantitative estimate of drug-likeness (QED) is 0.0203. The number of alkyl halides is 2. The van der Waals surface area contributed by atoms with Gasteiger partial charge in [-0.05, 0) is 138 Å². The molecule has 0 spiro atoms. The van der Waals surface area contributed by atoms with Crippen molar-refractivity contribution in [1.82, 2.24) is 51.0 Å². The molecule has 7 N–H and O–H groups in total. The lowest BCUT2D eigenvalue weighted by atomic mass is 10.2. The fourth-order valence-electron chi connectivity index (χ4n) is 6.53. The molecule has 10 aromatic rings. The highest BCUT2D eigenvalue weighted by Gasteiger charge is 2.10. The Bertz CT molecular complexity index is 3500. The van der Waals surface area contributed by atoms with E-state index in [1.807, 2.05) is 188 Å². The zero-order valence-electron chi connectivity index (χ0n) is 43.2. The Kier molecular flexibility index (Phi) is 26.6. The number of pyridine rings is 2. The molecule has 0 aliphatic rings. The van der Waals surface area contributed by atoms with Crippen molar-refractivity contribution in [2.24, 2.45) is 5.73 Å². The zero-order chi connectivity index (χ0) is 57.3. The molecule has 81 heavy (non-hydrogen) atoms.